The molecule has 0 bridgehead atoms. The lowest BCUT2D eigenvalue weighted by atomic mass is 10.3. The molecule has 0 saturated heterocycles. The first-order valence-electron chi connectivity index (χ1n) is 2.68. The van der Waals surface area contributed by atoms with Crippen molar-refractivity contribution in [2.24, 2.45) is 0 Å². The van der Waals surface area contributed by atoms with E-state index < -0.39 is 0 Å². The summed E-state index contributed by atoms with van der Waals surface area (Å²) in [6, 6.07) is 3.85. The van der Waals surface area contributed by atoms with Crippen LogP contribution in [0.15, 0.2) is 17.5 Å². The summed E-state index contributed by atoms with van der Waals surface area (Å²) in [7, 11) is 0. The first-order valence-corrected chi connectivity index (χ1v) is 3.56. The molecule has 1 atom stereocenters. The molecule has 0 saturated carbocycles. The Morgan fingerprint density at radius 1 is 1.78 bits per heavy atom. The van der Waals surface area contributed by atoms with Gasteiger partial charge in [-0.1, -0.05) is 6.07 Å². The average molecular weight is 144 g/mol. The Balaban J connectivity index is 2.65. The van der Waals surface area contributed by atoms with E-state index in [0.29, 0.717) is 0 Å². The van der Waals surface area contributed by atoms with Crippen LogP contribution in [0.25, 0.3) is 0 Å². The molecule has 3 heteroatoms. The Morgan fingerprint density at radius 2 is 2.56 bits per heavy atom. The van der Waals surface area contributed by atoms with Crippen LogP contribution in [0.3, 0.4) is 0 Å². The second-order valence-corrected chi connectivity index (χ2v) is 2.74. The van der Waals surface area contributed by atoms with Crippen molar-refractivity contribution < 1.29 is 10.1 Å². The molecule has 1 aromatic rings. The number of thiophene rings is 1. The lowest BCUT2D eigenvalue weighted by Crippen LogP contribution is -1.91. The van der Waals surface area contributed by atoms with Crippen molar-refractivity contribution in [1.82, 2.24) is 0 Å². The van der Waals surface area contributed by atoms with Gasteiger partial charge in [0.25, 0.3) is 0 Å². The summed E-state index contributed by atoms with van der Waals surface area (Å²) in [5.41, 5.74) is 0. The molecule has 1 aromatic heterocycles. The maximum absolute atomic E-state index is 8.21. The van der Waals surface area contributed by atoms with E-state index in [-0.39, 0.29) is 6.10 Å². The number of rotatable bonds is 2. The molecular weight excluding hydrogens is 136 g/mol. The van der Waals surface area contributed by atoms with Crippen LogP contribution >= 0.6 is 11.3 Å². The van der Waals surface area contributed by atoms with Crippen LogP contribution in [0.5, 0.6) is 0 Å². The van der Waals surface area contributed by atoms with Crippen LogP contribution in [-0.4, -0.2) is 5.26 Å². The first kappa shape index (κ1) is 6.74. The Bertz CT molecular complexity index is 160. The maximum atomic E-state index is 8.21. The van der Waals surface area contributed by atoms with Crippen molar-refractivity contribution in [2.75, 3.05) is 0 Å². The van der Waals surface area contributed by atoms with Crippen molar-refractivity contribution in [2.45, 2.75) is 13.0 Å². The van der Waals surface area contributed by atoms with Crippen LogP contribution in [0.4, 0.5) is 0 Å². The Morgan fingerprint density at radius 3 is 3.00 bits per heavy atom. The minimum Gasteiger partial charge on any atom is -0.251 e. The summed E-state index contributed by atoms with van der Waals surface area (Å²) in [5, 5.41) is 10.2. The van der Waals surface area contributed by atoms with Crippen LogP contribution in [0.1, 0.15) is 17.9 Å². The molecule has 0 aliphatic heterocycles. The van der Waals surface area contributed by atoms with Gasteiger partial charge >= 0.3 is 0 Å². The third-order valence-corrected chi connectivity index (χ3v) is 2.14. The molecule has 0 aliphatic rings. The van der Waals surface area contributed by atoms with E-state index in [4.69, 9.17) is 5.26 Å². The van der Waals surface area contributed by atoms with Crippen LogP contribution < -0.4 is 0 Å². The van der Waals surface area contributed by atoms with Crippen molar-refractivity contribution in [3.8, 4) is 0 Å². The standard InChI is InChI=1S/C6H8O2S/c1-5(8-7)6-3-2-4-9-6/h2-5,7H,1H3/t5-/m1/s1. The van der Waals surface area contributed by atoms with Crippen LogP contribution in [0.2, 0.25) is 0 Å². The highest BCUT2D eigenvalue weighted by Crippen LogP contribution is 2.19. The fraction of sp³-hybridized carbons (Fsp3) is 0.333. The molecule has 0 spiro atoms. The van der Waals surface area contributed by atoms with E-state index in [1.165, 1.54) is 0 Å². The monoisotopic (exact) mass is 144 g/mol. The highest BCUT2D eigenvalue weighted by molar-refractivity contribution is 7.10. The van der Waals surface area contributed by atoms with Crippen molar-refractivity contribution in [3.63, 3.8) is 0 Å². The summed E-state index contributed by atoms with van der Waals surface area (Å²) < 4.78 is 0. The van der Waals surface area contributed by atoms with Gasteiger partial charge in [0.1, 0.15) is 6.10 Å². The molecule has 0 fully saturated rings. The SMILES string of the molecule is C[C@@H](OO)c1cccs1. The minimum absolute atomic E-state index is 0.190. The molecule has 0 aromatic carbocycles. The van der Waals surface area contributed by atoms with E-state index in [1.54, 1.807) is 18.3 Å². The quantitative estimate of drug-likeness (QED) is 0.509. The van der Waals surface area contributed by atoms with E-state index in [1.807, 2.05) is 17.5 Å². The third-order valence-electron chi connectivity index (χ3n) is 1.10. The Kier molecular flexibility index (Phi) is 2.22. The molecule has 0 aliphatic carbocycles. The predicted octanol–water partition coefficient (Wildman–Crippen LogP) is 2.30. The van der Waals surface area contributed by atoms with Gasteiger partial charge < -0.3 is 0 Å². The lowest BCUT2D eigenvalue weighted by molar-refractivity contribution is -0.276. The highest BCUT2D eigenvalue weighted by Gasteiger charge is 2.03. The normalized spacial score (nSPS) is 13.6. The fourth-order valence-corrected chi connectivity index (χ4v) is 1.28. The highest BCUT2D eigenvalue weighted by atomic mass is 32.1. The summed E-state index contributed by atoms with van der Waals surface area (Å²) in [6.07, 6.45) is -0.190. The van der Waals surface area contributed by atoms with E-state index in [0.717, 1.165) is 4.88 Å². The fourth-order valence-electron chi connectivity index (χ4n) is 0.575. The minimum atomic E-state index is -0.190. The second kappa shape index (κ2) is 2.96. The molecule has 1 heterocycles. The zero-order valence-electron chi connectivity index (χ0n) is 5.07. The zero-order chi connectivity index (χ0) is 6.69. The average Bonchev–Trinajstić information content (AvgIpc) is 2.37. The number of hydrogen-bond acceptors (Lipinski definition) is 3. The molecule has 0 unspecified atom stereocenters. The van der Waals surface area contributed by atoms with Gasteiger partial charge in [-0.3, -0.25) is 5.26 Å². The van der Waals surface area contributed by atoms with Crippen molar-refractivity contribution >= 4 is 11.3 Å². The van der Waals surface area contributed by atoms with Crippen molar-refractivity contribution in [3.05, 3.63) is 22.4 Å². The largest absolute Gasteiger partial charge is 0.251 e. The maximum Gasteiger partial charge on any atom is 0.124 e. The number of hydrogen-bond donors (Lipinski definition) is 1. The second-order valence-electron chi connectivity index (χ2n) is 1.76. The molecule has 2 nitrogen and oxygen atoms in total. The van der Waals surface area contributed by atoms with Gasteiger partial charge in [-0.25, -0.2) is 4.89 Å². The molecule has 1 rings (SSSR count). The summed E-state index contributed by atoms with van der Waals surface area (Å²) in [6.45, 7) is 1.80. The zero-order valence-corrected chi connectivity index (χ0v) is 5.89. The van der Waals surface area contributed by atoms with Gasteiger partial charge in [-0.15, -0.1) is 11.3 Å². The first-order chi connectivity index (χ1) is 4.34. The van der Waals surface area contributed by atoms with Gasteiger partial charge in [0.15, 0.2) is 0 Å². The summed E-state index contributed by atoms with van der Waals surface area (Å²) in [4.78, 5) is 5.14. The van der Waals surface area contributed by atoms with Gasteiger partial charge in [0.05, 0.1) is 0 Å². The molecule has 0 amide bonds. The lowest BCUT2D eigenvalue weighted by Gasteiger charge is -2.01. The van der Waals surface area contributed by atoms with Gasteiger partial charge in [0.2, 0.25) is 0 Å². The molecule has 0 radical (unpaired) electrons. The predicted molar refractivity (Wildman–Crippen MR) is 36.4 cm³/mol. The van der Waals surface area contributed by atoms with E-state index in [9.17, 15) is 0 Å². The van der Waals surface area contributed by atoms with E-state index >= 15 is 0 Å². The van der Waals surface area contributed by atoms with Gasteiger partial charge in [0, 0.05) is 4.88 Å². The Labute approximate surface area is 57.6 Å². The van der Waals surface area contributed by atoms with E-state index in [2.05, 4.69) is 4.89 Å². The summed E-state index contributed by atoms with van der Waals surface area (Å²) >= 11 is 1.57. The third kappa shape index (κ3) is 1.51. The van der Waals surface area contributed by atoms with Crippen molar-refractivity contribution in [1.29, 1.82) is 0 Å². The molecule has 50 valence electrons. The van der Waals surface area contributed by atoms with Gasteiger partial charge in [-0.05, 0) is 18.4 Å². The van der Waals surface area contributed by atoms with Crippen LogP contribution in [0, 0.1) is 0 Å². The summed E-state index contributed by atoms with van der Waals surface area (Å²) in [5.74, 6) is 0. The van der Waals surface area contributed by atoms with Crippen LogP contribution in [-0.2, 0) is 4.89 Å². The smallest absolute Gasteiger partial charge is 0.124 e. The topological polar surface area (TPSA) is 29.5 Å². The molecule has 1 N–H and O–H groups in total. The van der Waals surface area contributed by atoms with Gasteiger partial charge in [-0.2, -0.15) is 0 Å². The molecule has 9 heavy (non-hydrogen) atoms. The molecular formula is C6H8O2S. The Hall–Kier alpha value is -0.380.